The Bertz CT molecular complexity index is 392. The number of hydrogen-bond acceptors (Lipinski definition) is 4. The summed E-state index contributed by atoms with van der Waals surface area (Å²) in [4.78, 5) is 11.0. The van der Waals surface area contributed by atoms with Crippen LogP contribution in [0.1, 0.15) is 78.6 Å². The molecule has 0 radical (unpaired) electrons. The van der Waals surface area contributed by atoms with Crippen LogP contribution >= 0.6 is 0 Å². The molecule has 1 rings (SSSR count). The third-order valence-electron chi connectivity index (χ3n) is 3.86. The number of unbranched alkanes of at least 4 members (excludes halogenated alkanes) is 7. The Labute approximate surface area is 141 Å². The van der Waals surface area contributed by atoms with Crippen LogP contribution in [0, 0.1) is 11.8 Å². The molecule has 0 N–H and O–H groups in total. The summed E-state index contributed by atoms with van der Waals surface area (Å²) in [6, 6.07) is 0. The van der Waals surface area contributed by atoms with Gasteiger partial charge in [0.1, 0.15) is 0 Å². The summed E-state index contributed by atoms with van der Waals surface area (Å²) in [5.41, 5.74) is 0. The molecule has 0 aromatic heterocycles. The smallest absolute Gasteiger partial charge is 0.384 e. The summed E-state index contributed by atoms with van der Waals surface area (Å²) in [5.74, 6) is 4.57. The van der Waals surface area contributed by atoms with Gasteiger partial charge in [0, 0.05) is 12.3 Å². The first-order chi connectivity index (χ1) is 11.0. The van der Waals surface area contributed by atoms with E-state index in [2.05, 4.69) is 11.8 Å². The number of carbonyl (C=O) groups excluding carboxylic acids is 1. The van der Waals surface area contributed by atoms with Gasteiger partial charge < -0.3 is 14.2 Å². The molecule has 0 aliphatic carbocycles. The Morgan fingerprint density at radius 1 is 1.13 bits per heavy atom. The highest BCUT2D eigenvalue weighted by atomic mass is 16.7. The van der Waals surface area contributed by atoms with Crippen molar-refractivity contribution >= 4 is 5.97 Å². The van der Waals surface area contributed by atoms with Crippen LogP contribution in [0.4, 0.5) is 0 Å². The fourth-order valence-electron chi connectivity index (χ4n) is 2.68. The maximum atomic E-state index is 11.0. The molecule has 4 heteroatoms. The third kappa shape index (κ3) is 10.4. The molecule has 0 spiro atoms. The van der Waals surface area contributed by atoms with E-state index < -0.39 is 5.97 Å². The van der Waals surface area contributed by atoms with Gasteiger partial charge in [0.05, 0.1) is 19.3 Å². The first-order valence-corrected chi connectivity index (χ1v) is 9.01. The predicted molar refractivity (Wildman–Crippen MR) is 90.9 cm³/mol. The minimum Gasteiger partial charge on any atom is -0.456 e. The van der Waals surface area contributed by atoms with Gasteiger partial charge >= 0.3 is 5.97 Å². The highest BCUT2D eigenvalue weighted by molar-refractivity contribution is 5.88. The molecule has 1 saturated heterocycles. The van der Waals surface area contributed by atoms with Crippen molar-refractivity contribution in [2.24, 2.45) is 0 Å². The highest BCUT2D eigenvalue weighted by Gasteiger charge is 2.31. The fraction of sp³-hybridized carbons (Fsp3) is 0.842. The van der Waals surface area contributed by atoms with Crippen molar-refractivity contribution in [3.05, 3.63) is 0 Å². The Kier molecular flexibility index (Phi) is 9.98. The first kappa shape index (κ1) is 20.0. The van der Waals surface area contributed by atoms with Gasteiger partial charge in [-0.15, -0.1) is 0 Å². The van der Waals surface area contributed by atoms with Gasteiger partial charge in [-0.05, 0) is 33.6 Å². The average molecular weight is 324 g/mol. The van der Waals surface area contributed by atoms with Crippen LogP contribution in [0.25, 0.3) is 0 Å². The van der Waals surface area contributed by atoms with Gasteiger partial charge in [-0.1, -0.05) is 44.4 Å². The predicted octanol–water partition coefficient (Wildman–Crippen LogP) is 4.22. The summed E-state index contributed by atoms with van der Waals surface area (Å²) in [7, 11) is 0. The van der Waals surface area contributed by atoms with E-state index in [4.69, 9.17) is 14.2 Å². The van der Waals surface area contributed by atoms with Gasteiger partial charge in [-0.25, -0.2) is 4.79 Å². The van der Waals surface area contributed by atoms with Crippen LogP contribution < -0.4 is 0 Å². The molecule has 0 bridgehead atoms. The second-order valence-electron chi connectivity index (χ2n) is 6.49. The zero-order valence-corrected chi connectivity index (χ0v) is 15.0. The molecule has 23 heavy (non-hydrogen) atoms. The van der Waals surface area contributed by atoms with Crippen molar-refractivity contribution in [2.75, 3.05) is 13.2 Å². The summed E-state index contributed by atoms with van der Waals surface area (Å²) >= 11 is 0. The number of carbonyl (C=O) groups is 1. The SMILES string of the molecule is CCOC(=O)C#CCCCCCCCCCC1COC(C)(C)O1. The standard InChI is InChI=1S/C19H32O4/c1-4-21-18(20)15-13-11-9-7-5-6-8-10-12-14-17-16-22-19(2,3)23-17/h17H,4-12,14,16H2,1-3H3. The Balaban J connectivity index is 1.84. The molecule has 1 aliphatic rings. The summed E-state index contributed by atoms with van der Waals surface area (Å²) in [6.07, 6.45) is 10.7. The highest BCUT2D eigenvalue weighted by Crippen LogP contribution is 2.25. The molecular formula is C19H32O4. The Morgan fingerprint density at radius 2 is 1.78 bits per heavy atom. The quantitative estimate of drug-likeness (QED) is 0.261. The second-order valence-corrected chi connectivity index (χ2v) is 6.49. The lowest BCUT2D eigenvalue weighted by Gasteiger charge is -2.16. The van der Waals surface area contributed by atoms with Gasteiger partial charge in [0.2, 0.25) is 0 Å². The molecule has 1 heterocycles. The van der Waals surface area contributed by atoms with Gasteiger partial charge in [-0.2, -0.15) is 0 Å². The topological polar surface area (TPSA) is 44.8 Å². The van der Waals surface area contributed by atoms with Crippen LogP contribution in [0.2, 0.25) is 0 Å². The van der Waals surface area contributed by atoms with E-state index >= 15 is 0 Å². The zero-order chi connectivity index (χ0) is 17.0. The lowest BCUT2D eigenvalue weighted by Crippen LogP contribution is -2.21. The Hall–Kier alpha value is -1.05. The van der Waals surface area contributed by atoms with Crippen LogP contribution in [0.5, 0.6) is 0 Å². The minimum absolute atomic E-state index is 0.281. The summed E-state index contributed by atoms with van der Waals surface area (Å²) in [5, 5.41) is 0. The third-order valence-corrected chi connectivity index (χ3v) is 3.86. The molecule has 0 saturated carbocycles. The molecule has 0 aromatic carbocycles. The maximum Gasteiger partial charge on any atom is 0.384 e. The summed E-state index contributed by atoms with van der Waals surface area (Å²) < 4.78 is 16.1. The molecule has 4 nitrogen and oxygen atoms in total. The average Bonchev–Trinajstić information content (AvgIpc) is 2.84. The molecule has 1 unspecified atom stereocenters. The van der Waals surface area contributed by atoms with Crippen LogP contribution in [0.15, 0.2) is 0 Å². The van der Waals surface area contributed by atoms with Crippen LogP contribution in [-0.2, 0) is 19.0 Å². The largest absolute Gasteiger partial charge is 0.456 e. The minimum atomic E-state index is -0.410. The number of ether oxygens (including phenoxy) is 3. The van der Waals surface area contributed by atoms with Crippen molar-refractivity contribution in [1.29, 1.82) is 0 Å². The lowest BCUT2D eigenvalue weighted by atomic mass is 10.1. The molecule has 1 aliphatic heterocycles. The van der Waals surface area contributed by atoms with Crippen molar-refractivity contribution in [3.8, 4) is 11.8 Å². The van der Waals surface area contributed by atoms with Gasteiger partial charge in [0.15, 0.2) is 5.79 Å². The molecular weight excluding hydrogens is 292 g/mol. The first-order valence-electron chi connectivity index (χ1n) is 9.01. The lowest BCUT2D eigenvalue weighted by molar-refractivity contribution is -0.139. The maximum absolute atomic E-state index is 11.0. The van der Waals surface area contributed by atoms with Crippen LogP contribution in [-0.4, -0.2) is 31.1 Å². The monoisotopic (exact) mass is 324 g/mol. The molecule has 1 fully saturated rings. The van der Waals surface area contributed by atoms with E-state index in [-0.39, 0.29) is 11.9 Å². The normalized spacial score (nSPS) is 19.2. The number of esters is 1. The van der Waals surface area contributed by atoms with Gasteiger partial charge in [-0.3, -0.25) is 0 Å². The van der Waals surface area contributed by atoms with Gasteiger partial charge in [0.25, 0.3) is 0 Å². The number of hydrogen-bond donors (Lipinski definition) is 0. The number of rotatable bonds is 10. The van der Waals surface area contributed by atoms with Crippen molar-refractivity contribution in [2.45, 2.75) is 90.4 Å². The van der Waals surface area contributed by atoms with E-state index in [0.29, 0.717) is 6.61 Å². The van der Waals surface area contributed by atoms with E-state index in [0.717, 1.165) is 25.9 Å². The fourth-order valence-corrected chi connectivity index (χ4v) is 2.68. The van der Waals surface area contributed by atoms with E-state index in [1.807, 2.05) is 13.8 Å². The molecule has 0 aromatic rings. The van der Waals surface area contributed by atoms with E-state index in [9.17, 15) is 4.79 Å². The van der Waals surface area contributed by atoms with E-state index in [1.165, 1.54) is 38.5 Å². The van der Waals surface area contributed by atoms with Crippen molar-refractivity contribution in [1.82, 2.24) is 0 Å². The zero-order valence-electron chi connectivity index (χ0n) is 15.0. The molecule has 132 valence electrons. The molecule has 0 amide bonds. The van der Waals surface area contributed by atoms with Crippen molar-refractivity contribution < 1.29 is 19.0 Å². The summed E-state index contributed by atoms with van der Waals surface area (Å²) in [6.45, 7) is 6.87. The second kappa shape index (κ2) is 11.5. The van der Waals surface area contributed by atoms with Crippen LogP contribution in [0.3, 0.4) is 0 Å². The molecule has 1 atom stereocenters. The van der Waals surface area contributed by atoms with Crippen molar-refractivity contribution in [3.63, 3.8) is 0 Å². The Morgan fingerprint density at radius 3 is 2.39 bits per heavy atom. The van der Waals surface area contributed by atoms with E-state index in [1.54, 1.807) is 6.92 Å².